The smallest absolute Gasteiger partial charge is 0.338 e. The number of unbranched alkanes of at least 4 members (excludes halogenated alkanes) is 1. The molecule has 1 aliphatic heterocycles. The molecule has 0 amide bonds. The van der Waals surface area contributed by atoms with Crippen molar-refractivity contribution in [3.63, 3.8) is 0 Å². The van der Waals surface area contributed by atoms with Crippen molar-refractivity contribution in [2.75, 3.05) is 6.61 Å². The number of non-ortho nitro benzene ring substituents is 1. The molecule has 1 heterocycles. The Kier molecular flexibility index (Phi) is 6.86. The Morgan fingerprint density at radius 2 is 2.08 bits per heavy atom. The second kappa shape index (κ2) is 8.89. The maximum atomic E-state index is 12.2. The van der Waals surface area contributed by atoms with Gasteiger partial charge in [-0.2, -0.15) is 0 Å². The highest BCUT2D eigenvalue weighted by molar-refractivity contribution is 5.89. The van der Waals surface area contributed by atoms with Crippen molar-refractivity contribution in [2.24, 2.45) is 0 Å². The zero-order chi connectivity index (χ0) is 18.4. The van der Waals surface area contributed by atoms with Gasteiger partial charge in [-0.1, -0.05) is 13.3 Å². The standard InChI is InChI=1S/C17H23NO7/c1-3-4-9-23-15-10-14(16(19)11(2)24-15)25-17(20)12-5-7-13(8-6-12)18(21)22/h5-8,11,14-16,19H,3-4,9-10H2,1-2H3/t11-,14+,15-,16-/m0/s1. The molecule has 0 spiro atoms. The van der Waals surface area contributed by atoms with Crippen LogP contribution < -0.4 is 0 Å². The van der Waals surface area contributed by atoms with Crippen LogP contribution in [0.25, 0.3) is 0 Å². The van der Waals surface area contributed by atoms with Crippen LogP contribution in [0, 0.1) is 10.1 Å². The first-order chi connectivity index (χ1) is 11.9. The summed E-state index contributed by atoms with van der Waals surface area (Å²) in [5.41, 5.74) is 0.0704. The Morgan fingerprint density at radius 1 is 1.40 bits per heavy atom. The van der Waals surface area contributed by atoms with E-state index in [2.05, 4.69) is 0 Å². The number of hydrogen-bond donors (Lipinski definition) is 1. The van der Waals surface area contributed by atoms with E-state index in [0.29, 0.717) is 6.61 Å². The highest BCUT2D eigenvalue weighted by atomic mass is 16.7. The number of hydrogen-bond acceptors (Lipinski definition) is 7. The van der Waals surface area contributed by atoms with E-state index in [4.69, 9.17) is 14.2 Å². The molecule has 1 aromatic carbocycles. The first-order valence-electron chi connectivity index (χ1n) is 8.33. The molecule has 2 rings (SSSR count). The molecule has 0 aromatic heterocycles. The van der Waals surface area contributed by atoms with E-state index in [1.165, 1.54) is 24.3 Å². The van der Waals surface area contributed by atoms with Gasteiger partial charge in [-0.3, -0.25) is 10.1 Å². The normalized spacial score (nSPS) is 26.2. The van der Waals surface area contributed by atoms with Crippen LogP contribution in [0.3, 0.4) is 0 Å². The summed E-state index contributed by atoms with van der Waals surface area (Å²) in [6.45, 7) is 4.27. The maximum absolute atomic E-state index is 12.2. The van der Waals surface area contributed by atoms with E-state index < -0.39 is 35.5 Å². The van der Waals surface area contributed by atoms with Crippen LogP contribution in [0.2, 0.25) is 0 Å². The van der Waals surface area contributed by atoms with Gasteiger partial charge in [0, 0.05) is 25.2 Å². The molecular weight excluding hydrogens is 330 g/mol. The predicted octanol–water partition coefficient (Wildman–Crippen LogP) is 2.43. The van der Waals surface area contributed by atoms with Crippen molar-refractivity contribution >= 4 is 11.7 Å². The molecule has 25 heavy (non-hydrogen) atoms. The van der Waals surface area contributed by atoms with Crippen molar-refractivity contribution in [1.29, 1.82) is 0 Å². The van der Waals surface area contributed by atoms with Crippen LogP contribution in [0.1, 0.15) is 43.5 Å². The van der Waals surface area contributed by atoms with Gasteiger partial charge in [0.15, 0.2) is 6.29 Å². The van der Waals surface area contributed by atoms with Gasteiger partial charge >= 0.3 is 5.97 Å². The number of benzene rings is 1. The van der Waals surface area contributed by atoms with Crippen LogP contribution >= 0.6 is 0 Å². The van der Waals surface area contributed by atoms with E-state index in [1.807, 2.05) is 6.92 Å². The second-order valence-electron chi connectivity index (χ2n) is 5.97. The molecular formula is C17H23NO7. The van der Waals surface area contributed by atoms with Gasteiger partial charge in [0.25, 0.3) is 5.69 Å². The molecule has 0 saturated carbocycles. The minimum Gasteiger partial charge on any atom is -0.456 e. The summed E-state index contributed by atoms with van der Waals surface area (Å²) in [5.74, 6) is -0.652. The molecule has 8 nitrogen and oxygen atoms in total. The molecule has 1 aromatic rings. The average molecular weight is 353 g/mol. The SMILES string of the molecule is CCCCO[C@@H]1C[C@@H](OC(=O)c2ccc([N+](=O)[O-])cc2)[C@@H](O)[C@H](C)O1. The molecule has 0 bridgehead atoms. The summed E-state index contributed by atoms with van der Waals surface area (Å²) < 4.78 is 16.5. The third-order valence-electron chi connectivity index (χ3n) is 4.03. The minimum atomic E-state index is -0.965. The Morgan fingerprint density at radius 3 is 2.68 bits per heavy atom. The first kappa shape index (κ1) is 19.3. The lowest BCUT2D eigenvalue weighted by Gasteiger charge is -2.37. The number of carbonyl (C=O) groups excluding carboxylic acids is 1. The number of aliphatic hydroxyl groups excluding tert-OH is 1. The Bertz CT molecular complexity index is 589. The van der Waals surface area contributed by atoms with Gasteiger partial charge in [0.2, 0.25) is 0 Å². The van der Waals surface area contributed by atoms with Gasteiger partial charge in [0.05, 0.1) is 16.6 Å². The third-order valence-corrected chi connectivity index (χ3v) is 4.03. The number of aliphatic hydroxyl groups is 1. The lowest BCUT2D eigenvalue weighted by Crippen LogP contribution is -2.49. The highest BCUT2D eigenvalue weighted by Gasteiger charge is 2.38. The van der Waals surface area contributed by atoms with Gasteiger partial charge in [0.1, 0.15) is 12.2 Å². The monoisotopic (exact) mass is 353 g/mol. The summed E-state index contributed by atoms with van der Waals surface area (Å²) in [6.07, 6.45) is -0.692. The third kappa shape index (κ3) is 5.22. The number of rotatable bonds is 7. The molecule has 4 atom stereocenters. The molecule has 1 N–H and O–H groups in total. The van der Waals surface area contributed by atoms with Crippen LogP contribution in [0.5, 0.6) is 0 Å². The van der Waals surface area contributed by atoms with Crippen LogP contribution in [0.4, 0.5) is 5.69 Å². The van der Waals surface area contributed by atoms with Gasteiger partial charge in [-0.25, -0.2) is 4.79 Å². The zero-order valence-electron chi connectivity index (χ0n) is 14.3. The van der Waals surface area contributed by atoms with Crippen molar-refractivity contribution in [2.45, 2.75) is 57.7 Å². The Hall–Kier alpha value is -2.03. The number of nitro groups is 1. The Balaban J connectivity index is 1.98. The highest BCUT2D eigenvalue weighted by Crippen LogP contribution is 2.25. The summed E-state index contributed by atoms with van der Waals surface area (Å²) >= 11 is 0. The molecule has 0 unspecified atom stereocenters. The Labute approximate surface area is 145 Å². The molecule has 138 valence electrons. The van der Waals surface area contributed by atoms with Gasteiger partial charge in [-0.05, 0) is 25.5 Å². The van der Waals surface area contributed by atoms with Crippen molar-refractivity contribution in [1.82, 2.24) is 0 Å². The maximum Gasteiger partial charge on any atom is 0.338 e. The number of nitro benzene ring substituents is 1. The van der Waals surface area contributed by atoms with Crippen molar-refractivity contribution < 1.29 is 29.0 Å². The largest absolute Gasteiger partial charge is 0.456 e. The van der Waals surface area contributed by atoms with E-state index in [-0.39, 0.29) is 17.7 Å². The van der Waals surface area contributed by atoms with E-state index in [9.17, 15) is 20.0 Å². The molecule has 8 heteroatoms. The van der Waals surface area contributed by atoms with Gasteiger partial charge in [-0.15, -0.1) is 0 Å². The molecule has 0 radical (unpaired) electrons. The topological polar surface area (TPSA) is 108 Å². The molecule has 1 saturated heterocycles. The second-order valence-corrected chi connectivity index (χ2v) is 5.97. The number of ether oxygens (including phenoxy) is 3. The fraction of sp³-hybridized carbons (Fsp3) is 0.588. The minimum absolute atomic E-state index is 0.110. The fourth-order valence-corrected chi connectivity index (χ4v) is 2.52. The van der Waals surface area contributed by atoms with Gasteiger partial charge < -0.3 is 19.3 Å². The van der Waals surface area contributed by atoms with Crippen molar-refractivity contribution in [3.8, 4) is 0 Å². The lowest BCUT2D eigenvalue weighted by molar-refractivity contribution is -0.384. The van der Waals surface area contributed by atoms with Crippen molar-refractivity contribution in [3.05, 3.63) is 39.9 Å². The summed E-state index contributed by atoms with van der Waals surface area (Å²) in [5, 5.41) is 20.8. The fourth-order valence-electron chi connectivity index (χ4n) is 2.52. The van der Waals surface area contributed by atoms with E-state index in [0.717, 1.165) is 12.8 Å². The quantitative estimate of drug-likeness (QED) is 0.347. The summed E-state index contributed by atoms with van der Waals surface area (Å²) in [7, 11) is 0. The zero-order valence-corrected chi connectivity index (χ0v) is 14.3. The molecule has 0 aliphatic carbocycles. The predicted molar refractivity (Wildman–Crippen MR) is 88.1 cm³/mol. The van der Waals surface area contributed by atoms with Crippen LogP contribution in [-0.4, -0.2) is 47.2 Å². The number of esters is 1. The van der Waals surface area contributed by atoms with E-state index in [1.54, 1.807) is 6.92 Å². The van der Waals surface area contributed by atoms with Crippen LogP contribution in [0.15, 0.2) is 24.3 Å². The number of carbonyl (C=O) groups is 1. The average Bonchev–Trinajstić information content (AvgIpc) is 2.59. The lowest BCUT2D eigenvalue weighted by atomic mass is 10.0. The molecule has 1 fully saturated rings. The van der Waals surface area contributed by atoms with Crippen LogP contribution in [-0.2, 0) is 14.2 Å². The number of nitrogens with zero attached hydrogens (tertiary/aromatic N) is 1. The summed E-state index contributed by atoms with van der Waals surface area (Å²) in [6, 6.07) is 5.11. The summed E-state index contributed by atoms with van der Waals surface area (Å²) in [4.78, 5) is 22.3. The first-order valence-corrected chi connectivity index (χ1v) is 8.33. The van der Waals surface area contributed by atoms with E-state index >= 15 is 0 Å². The molecule has 1 aliphatic rings.